The third-order valence-electron chi connectivity index (χ3n) is 2.96. The molecule has 2 nitrogen and oxygen atoms in total. The van der Waals surface area contributed by atoms with Crippen molar-refractivity contribution < 1.29 is 0 Å². The molecule has 0 fully saturated rings. The summed E-state index contributed by atoms with van der Waals surface area (Å²) in [7, 11) is 4.26. The van der Waals surface area contributed by atoms with E-state index in [4.69, 9.17) is 0 Å². The lowest BCUT2D eigenvalue weighted by atomic mass is 10.2. The highest BCUT2D eigenvalue weighted by Crippen LogP contribution is 2.21. The molecule has 0 N–H and O–H groups in total. The molecule has 15 heavy (non-hydrogen) atoms. The Morgan fingerprint density at radius 2 is 2.00 bits per heavy atom. The normalized spacial score (nSPS) is 11.5. The molecule has 1 aromatic heterocycles. The molecule has 0 saturated heterocycles. The third kappa shape index (κ3) is 1.90. The maximum absolute atomic E-state index is 2.32. The van der Waals surface area contributed by atoms with Gasteiger partial charge in [-0.25, -0.2) is 0 Å². The van der Waals surface area contributed by atoms with E-state index < -0.39 is 0 Å². The molecule has 1 aromatic carbocycles. The minimum absolute atomic E-state index is 1.03. The standard InChI is InChI=1S/C13H18N2/c1-4-14(2)9-11-10-15(3)13-8-6-5-7-12(11)13/h5-8,10H,4,9H2,1-3H3. The van der Waals surface area contributed by atoms with Crippen molar-refractivity contribution in [1.29, 1.82) is 0 Å². The second-order valence-corrected chi connectivity index (χ2v) is 4.11. The first kappa shape index (κ1) is 10.2. The molecule has 0 aliphatic carbocycles. The molecule has 2 aromatic rings. The maximum atomic E-state index is 2.32. The fourth-order valence-electron chi connectivity index (χ4n) is 1.95. The molecular formula is C13H18N2. The number of hydrogen-bond acceptors (Lipinski definition) is 1. The smallest absolute Gasteiger partial charge is 0.0481 e. The van der Waals surface area contributed by atoms with Gasteiger partial charge in [-0.05, 0) is 25.2 Å². The largest absolute Gasteiger partial charge is 0.350 e. The number of nitrogens with zero attached hydrogens (tertiary/aromatic N) is 2. The first-order valence-electron chi connectivity index (χ1n) is 5.44. The lowest BCUT2D eigenvalue weighted by Crippen LogP contribution is -2.16. The molecule has 0 bridgehead atoms. The van der Waals surface area contributed by atoms with Gasteiger partial charge in [-0.1, -0.05) is 25.1 Å². The van der Waals surface area contributed by atoms with E-state index in [1.54, 1.807) is 0 Å². The van der Waals surface area contributed by atoms with Crippen LogP contribution in [-0.4, -0.2) is 23.1 Å². The summed E-state index contributed by atoms with van der Waals surface area (Å²) in [6.45, 7) is 4.30. The number of rotatable bonds is 3. The minimum atomic E-state index is 1.03. The zero-order valence-corrected chi connectivity index (χ0v) is 9.70. The number of para-hydroxylation sites is 1. The van der Waals surface area contributed by atoms with Gasteiger partial charge in [0.1, 0.15) is 0 Å². The fourth-order valence-corrected chi connectivity index (χ4v) is 1.95. The van der Waals surface area contributed by atoms with Gasteiger partial charge in [0.2, 0.25) is 0 Å². The highest BCUT2D eigenvalue weighted by Gasteiger charge is 2.06. The summed E-state index contributed by atoms with van der Waals surface area (Å²) in [5.41, 5.74) is 2.73. The van der Waals surface area contributed by atoms with Crippen molar-refractivity contribution in [3.8, 4) is 0 Å². The molecule has 0 saturated carbocycles. The lowest BCUT2D eigenvalue weighted by Gasteiger charge is -2.12. The summed E-state index contributed by atoms with van der Waals surface area (Å²) in [6.07, 6.45) is 2.23. The van der Waals surface area contributed by atoms with E-state index in [1.807, 2.05) is 0 Å². The molecule has 0 aliphatic rings. The molecule has 0 atom stereocenters. The number of aromatic nitrogens is 1. The summed E-state index contributed by atoms with van der Waals surface area (Å²) in [5, 5.41) is 1.38. The molecule has 0 unspecified atom stereocenters. The van der Waals surface area contributed by atoms with E-state index in [0.29, 0.717) is 0 Å². The van der Waals surface area contributed by atoms with Crippen LogP contribution in [0.4, 0.5) is 0 Å². The molecule has 0 spiro atoms. The van der Waals surface area contributed by atoms with E-state index in [-0.39, 0.29) is 0 Å². The molecule has 80 valence electrons. The number of benzene rings is 1. The van der Waals surface area contributed by atoms with Gasteiger partial charge >= 0.3 is 0 Å². The Labute approximate surface area is 91.1 Å². The van der Waals surface area contributed by atoms with Gasteiger partial charge in [-0.2, -0.15) is 0 Å². The van der Waals surface area contributed by atoms with Crippen LogP contribution in [0.2, 0.25) is 0 Å². The van der Waals surface area contributed by atoms with Gasteiger partial charge in [-0.15, -0.1) is 0 Å². The van der Waals surface area contributed by atoms with Crippen molar-refractivity contribution in [1.82, 2.24) is 9.47 Å². The highest BCUT2D eigenvalue weighted by molar-refractivity contribution is 5.83. The van der Waals surface area contributed by atoms with Crippen LogP contribution < -0.4 is 0 Å². The number of hydrogen-bond donors (Lipinski definition) is 0. The molecule has 2 heteroatoms. The van der Waals surface area contributed by atoms with Crippen molar-refractivity contribution in [2.75, 3.05) is 13.6 Å². The zero-order chi connectivity index (χ0) is 10.8. The Balaban J connectivity index is 2.43. The average molecular weight is 202 g/mol. The van der Waals surface area contributed by atoms with E-state index in [1.165, 1.54) is 16.5 Å². The van der Waals surface area contributed by atoms with Gasteiger partial charge in [0, 0.05) is 30.7 Å². The van der Waals surface area contributed by atoms with E-state index in [0.717, 1.165) is 13.1 Å². The molecule has 2 rings (SSSR count). The summed E-state index contributed by atoms with van der Waals surface area (Å²) in [5.74, 6) is 0. The Morgan fingerprint density at radius 3 is 2.73 bits per heavy atom. The Hall–Kier alpha value is -1.28. The van der Waals surface area contributed by atoms with Crippen molar-refractivity contribution in [2.24, 2.45) is 7.05 Å². The molecular weight excluding hydrogens is 184 g/mol. The number of aryl methyl sites for hydroxylation is 1. The van der Waals surface area contributed by atoms with Gasteiger partial charge < -0.3 is 9.47 Å². The van der Waals surface area contributed by atoms with Gasteiger partial charge in [-0.3, -0.25) is 0 Å². The average Bonchev–Trinajstić information content (AvgIpc) is 2.57. The van der Waals surface area contributed by atoms with Crippen LogP contribution in [-0.2, 0) is 13.6 Å². The predicted octanol–water partition coefficient (Wildman–Crippen LogP) is 2.63. The molecule has 0 amide bonds. The van der Waals surface area contributed by atoms with Crippen molar-refractivity contribution in [2.45, 2.75) is 13.5 Å². The second kappa shape index (κ2) is 4.07. The lowest BCUT2D eigenvalue weighted by molar-refractivity contribution is 0.347. The topological polar surface area (TPSA) is 8.17 Å². The van der Waals surface area contributed by atoms with Crippen molar-refractivity contribution in [3.63, 3.8) is 0 Å². The zero-order valence-electron chi connectivity index (χ0n) is 9.70. The summed E-state index contributed by atoms with van der Waals surface area (Å²) < 4.78 is 2.20. The van der Waals surface area contributed by atoms with Gasteiger partial charge in [0.05, 0.1) is 0 Å². The molecule has 0 aliphatic heterocycles. The Morgan fingerprint density at radius 1 is 1.27 bits per heavy atom. The van der Waals surface area contributed by atoms with Crippen LogP contribution in [0, 0.1) is 0 Å². The van der Waals surface area contributed by atoms with E-state index in [9.17, 15) is 0 Å². The Bertz CT molecular complexity index is 457. The second-order valence-electron chi connectivity index (χ2n) is 4.11. The third-order valence-corrected chi connectivity index (χ3v) is 2.96. The fraction of sp³-hybridized carbons (Fsp3) is 0.385. The Kier molecular flexibility index (Phi) is 2.78. The summed E-state index contributed by atoms with van der Waals surface area (Å²) in [4.78, 5) is 2.32. The van der Waals surface area contributed by atoms with Crippen LogP contribution in [0.3, 0.4) is 0 Å². The first-order valence-corrected chi connectivity index (χ1v) is 5.44. The van der Waals surface area contributed by atoms with Crippen molar-refractivity contribution >= 4 is 10.9 Å². The van der Waals surface area contributed by atoms with E-state index in [2.05, 4.69) is 60.9 Å². The highest BCUT2D eigenvalue weighted by atomic mass is 15.1. The SMILES string of the molecule is CCN(C)Cc1cn(C)c2ccccc12. The summed E-state index contributed by atoms with van der Waals surface area (Å²) in [6, 6.07) is 8.58. The summed E-state index contributed by atoms with van der Waals surface area (Å²) >= 11 is 0. The minimum Gasteiger partial charge on any atom is -0.350 e. The van der Waals surface area contributed by atoms with Crippen LogP contribution >= 0.6 is 0 Å². The van der Waals surface area contributed by atoms with Crippen molar-refractivity contribution in [3.05, 3.63) is 36.0 Å². The maximum Gasteiger partial charge on any atom is 0.0481 e. The quantitative estimate of drug-likeness (QED) is 0.743. The molecule has 1 heterocycles. The predicted molar refractivity (Wildman–Crippen MR) is 64.9 cm³/mol. The van der Waals surface area contributed by atoms with Crippen LogP contribution in [0.15, 0.2) is 30.5 Å². The van der Waals surface area contributed by atoms with Gasteiger partial charge in [0.25, 0.3) is 0 Å². The van der Waals surface area contributed by atoms with Crippen LogP contribution in [0.5, 0.6) is 0 Å². The van der Waals surface area contributed by atoms with E-state index >= 15 is 0 Å². The molecule has 0 radical (unpaired) electrons. The van der Waals surface area contributed by atoms with Gasteiger partial charge in [0.15, 0.2) is 0 Å². The monoisotopic (exact) mass is 202 g/mol. The van der Waals surface area contributed by atoms with Crippen LogP contribution in [0.25, 0.3) is 10.9 Å². The first-order chi connectivity index (χ1) is 7.22. The number of fused-ring (bicyclic) bond motifs is 1. The van der Waals surface area contributed by atoms with Crippen LogP contribution in [0.1, 0.15) is 12.5 Å².